The summed E-state index contributed by atoms with van der Waals surface area (Å²) in [5.41, 5.74) is 0.208. The van der Waals surface area contributed by atoms with E-state index in [4.69, 9.17) is 4.74 Å². The minimum absolute atomic E-state index is 0.198. The van der Waals surface area contributed by atoms with E-state index < -0.39 is 23.5 Å². The van der Waals surface area contributed by atoms with Crippen LogP contribution in [0.1, 0.15) is 48.0 Å². The molecule has 0 radical (unpaired) electrons. The van der Waals surface area contributed by atoms with E-state index >= 15 is 0 Å². The van der Waals surface area contributed by atoms with Crippen LogP contribution in [0.15, 0.2) is 72.8 Å². The second-order valence-corrected chi connectivity index (χ2v) is 10.7. The lowest BCUT2D eigenvalue weighted by Crippen LogP contribution is -2.28. The Kier molecular flexibility index (Phi) is 5.58. The van der Waals surface area contributed by atoms with Crippen LogP contribution in [0.3, 0.4) is 0 Å². The number of aryl methyl sites for hydroxylation is 1. The highest BCUT2D eigenvalue weighted by Gasteiger charge is 2.40. The van der Waals surface area contributed by atoms with Crippen LogP contribution in [-0.2, 0) is 10.3 Å². The lowest BCUT2D eigenvalue weighted by atomic mass is 9.91. The van der Waals surface area contributed by atoms with Crippen molar-refractivity contribution in [3.63, 3.8) is 0 Å². The zero-order valence-corrected chi connectivity index (χ0v) is 18.7. The predicted molar refractivity (Wildman–Crippen MR) is 125 cm³/mol. The van der Waals surface area contributed by atoms with E-state index in [-0.39, 0.29) is 10.5 Å². The number of hydrogen-bond donors (Lipinski definition) is 1. The van der Waals surface area contributed by atoms with Crippen molar-refractivity contribution in [3.05, 3.63) is 100 Å². The van der Waals surface area contributed by atoms with E-state index in [2.05, 4.69) is 37.3 Å². The number of rotatable bonds is 5. The monoisotopic (exact) mass is 451 g/mol. The molecular weight excluding hydrogens is 426 g/mol. The molecule has 2 atom stereocenters. The second kappa shape index (κ2) is 8.39. The molecule has 5 rings (SSSR count). The Labute approximate surface area is 189 Å². The van der Waals surface area contributed by atoms with E-state index in [1.165, 1.54) is 27.1 Å². The van der Waals surface area contributed by atoms with Crippen LogP contribution >= 0.6 is 10.5 Å². The third-order valence-electron chi connectivity index (χ3n) is 6.34. The van der Waals surface area contributed by atoms with Gasteiger partial charge in [0.05, 0.1) is 5.60 Å². The summed E-state index contributed by atoms with van der Waals surface area (Å²) < 4.78 is 35.3. The van der Waals surface area contributed by atoms with Gasteiger partial charge in [-0.25, -0.2) is 8.78 Å². The first kappa shape index (κ1) is 21.3. The summed E-state index contributed by atoms with van der Waals surface area (Å²) in [7, 11) is -0.198. The van der Waals surface area contributed by atoms with Crippen LogP contribution in [0.25, 0.3) is 15.0 Å². The van der Waals surface area contributed by atoms with Crippen LogP contribution in [-0.4, -0.2) is 5.11 Å². The number of ether oxygens (including phenoxy) is 1. The molecule has 1 N–H and O–H groups in total. The molecule has 1 heterocycles. The first-order valence-corrected chi connectivity index (χ1v) is 12.1. The highest BCUT2D eigenvalue weighted by atomic mass is 32.2. The fraction of sp³-hybridized carbons (Fsp3) is 0.259. The second-order valence-electron chi connectivity index (χ2n) is 8.50. The Balaban J connectivity index is 1.49. The molecule has 2 nitrogen and oxygen atoms in total. The van der Waals surface area contributed by atoms with Crippen molar-refractivity contribution in [1.29, 1.82) is 0 Å². The van der Waals surface area contributed by atoms with Crippen LogP contribution in [0.5, 0.6) is 0 Å². The maximum absolute atomic E-state index is 13.9. The summed E-state index contributed by atoms with van der Waals surface area (Å²) in [6, 6.07) is 21.9. The van der Waals surface area contributed by atoms with Crippen LogP contribution in [0.4, 0.5) is 8.78 Å². The SMILES string of the molecule is Cc1cc2ccccc2[s+]1-c1cccc([C@@H](O)OC2(c3cc(F)cc(F)c3)CCCC2)c1. The van der Waals surface area contributed by atoms with Crippen molar-refractivity contribution in [1.82, 2.24) is 0 Å². The predicted octanol–water partition coefficient (Wildman–Crippen LogP) is 7.64. The maximum Gasteiger partial charge on any atom is 0.186 e. The molecular formula is C27H25F2O2S+. The highest BCUT2D eigenvalue weighted by Crippen LogP contribution is 2.47. The summed E-state index contributed by atoms with van der Waals surface area (Å²) in [4.78, 5) is 2.39. The van der Waals surface area contributed by atoms with Gasteiger partial charge < -0.3 is 9.84 Å². The number of aliphatic hydroxyl groups excluding tert-OH is 1. The number of hydrogen-bond acceptors (Lipinski definition) is 2. The molecule has 1 saturated carbocycles. The number of benzene rings is 3. The molecule has 1 unspecified atom stereocenters. The van der Waals surface area contributed by atoms with E-state index in [0.29, 0.717) is 24.0 Å². The molecule has 32 heavy (non-hydrogen) atoms. The van der Waals surface area contributed by atoms with Crippen LogP contribution in [0, 0.1) is 18.6 Å². The molecule has 0 amide bonds. The van der Waals surface area contributed by atoms with Crippen LogP contribution in [0.2, 0.25) is 0 Å². The van der Waals surface area contributed by atoms with E-state index in [0.717, 1.165) is 23.8 Å². The van der Waals surface area contributed by atoms with Gasteiger partial charge in [-0.15, -0.1) is 0 Å². The number of aliphatic hydroxyl groups is 1. The van der Waals surface area contributed by atoms with Gasteiger partial charge in [-0.3, -0.25) is 0 Å². The fourth-order valence-electron chi connectivity index (χ4n) is 4.86. The minimum atomic E-state index is -1.19. The average molecular weight is 452 g/mol. The first-order chi connectivity index (χ1) is 15.4. The normalized spacial score (nSPS) is 17.1. The molecule has 3 aromatic carbocycles. The van der Waals surface area contributed by atoms with E-state index in [9.17, 15) is 13.9 Å². The summed E-state index contributed by atoms with van der Waals surface area (Å²) in [5, 5.41) is 12.3. The lowest BCUT2D eigenvalue weighted by molar-refractivity contribution is -0.193. The minimum Gasteiger partial charge on any atom is -0.364 e. The zero-order valence-electron chi connectivity index (χ0n) is 17.9. The fourth-order valence-corrected chi connectivity index (χ4v) is 7.13. The van der Waals surface area contributed by atoms with Gasteiger partial charge in [0.15, 0.2) is 20.8 Å². The van der Waals surface area contributed by atoms with Gasteiger partial charge in [0.1, 0.15) is 11.6 Å². The third kappa shape index (κ3) is 3.85. The Bertz CT molecular complexity index is 1250. The standard InChI is InChI=1S/C27H25F2O2S/c1-18-13-19-7-2-3-10-25(19)32(18)24-9-6-8-20(14-24)26(30)31-27(11-4-5-12-27)21-15-22(28)17-23(29)16-21/h2-3,6-10,13-17,26,30H,4-5,11-12H2,1H3/q+1/t26-,32?/m0/s1. The quantitative estimate of drug-likeness (QED) is 0.249. The molecule has 1 aliphatic carbocycles. The molecule has 1 fully saturated rings. The molecule has 1 aliphatic rings. The zero-order chi connectivity index (χ0) is 22.3. The van der Waals surface area contributed by atoms with E-state index in [1.54, 1.807) is 0 Å². The van der Waals surface area contributed by atoms with Gasteiger partial charge in [0, 0.05) is 46.5 Å². The van der Waals surface area contributed by atoms with Crippen molar-refractivity contribution in [2.24, 2.45) is 0 Å². The van der Waals surface area contributed by atoms with Gasteiger partial charge in [-0.1, -0.05) is 37.1 Å². The molecule has 0 bridgehead atoms. The number of thiophene rings is 1. The summed E-state index contributed by atoms with van der Waals surface area (Å²) in [5.74, 6) is -1.26. The highest BCUT2D eigenvalue weighted by molar-refractivity contribution is 7.45. The smallest absolute Gasteiger partial charge is 0.186 e. The maximum atomic E-state index is 13.9. The van der Waals surface area contributed by atoms with Crippen molar-refractivity contribution < 1.29 is 18.6 Å². The topological polar surface area (TPSA) is 29.5 Å². The Hall–Kier alpha value is -2.60. The Morgan fingerprint density at radius 2 is 1.62 bits per heavy atom. The molecule has 4 aromatic rings. The molecule has 0 saturated heterocycles. The Morgan fingerprint density at radius 3 is 2.38 bits per heavy atom. The van der Waals surface area contributed by atoms with Crippen LogP contribution < -0.4 is 0 Å². The van der Waals surface area contributed by atoms with Gasteiger partial charge in [-0.05, 0) is 48.7 Å². The van der Waals surface area contributed by atoms with Gasteiger partial charge in [0.25, 0.3) is 0 Å². The molecule has 0 spiro atoms. The van der Waals surface area contributed by atoms with Crippen molar-refractivity contribution in [2.45, 2.75) is 44.5 Å². The molecule has 0 aliphatic heterocycles. The van der Waals surface area contributed by atoms with Crippen molar-refractivity contribution in [3.8, 4) is 4.90 Å². The van der Waals surface area contributed by atoms with Crippen molar-refractivity contribution >= 4 is 20.6 Å². The van der Waals surface area contributed by atoms with Crippen molar-refractivity contribution in [2.75, 3.05) is 0 Å². The third-order valence-corrected chi connectivity index (χ3v) is 8.63. The largest absolute Gasteiger partial charge is 0.364 e. The summed E-state index contributed by atoms with van der Waals surface area (Å²) >= 11 is 0. The molecule has 5 heteroatoms. The number of fused-ring (bicyclic) bond motifs is 1. The molecule has 1 aromatic heterocycles. The number of halogens is 2. The first-order valence-electron chi connectivity index (χ1n) is 10.9. The average Bonchev–Trinajstić information content (AvgIpc) is 3.37. The molecule has 164 valence electrons. The summed E-state index contributed by atoms with van der Waals surface area (Å²) in [6.45, 7) is 2.13. The van der Waals surface area contributed by atoms with Gasteiger partial charge in [-0.2, -0.15) is 0 Å². The lowest BCUT2D eigenvalue weighted by Gasteiger charge is -2.32. The Morgan fingerprint density at radius 1 is 0.906 bits per heavy atom. The van der Waals surface area contributed by atoms with Gasteiger partial charge >= 0.3 is 0 Å². The van der Waals surface area contributed by atoms with E-state index in [1.807, 2.05) is 24.3 Å². The van der Waals surface area contributed by atoms with Gasteiger partial charge in [0.2, 0.25) is 0 Å². The summed E-state index contributed by atoms with van der Waals surface area (Å²) in [6.07, 6.45) is 1.81.